The molecule has 1 heterocycles. The summed E-state index contributed by atoms with van der Waals surface area (Å²) in [6, 6.07) is 27.2. The van der Waals surface area contributed by atoms with Gasteiger partial charge in [0.1, 0.15) is 5.75 Å². The summed E-state index contributed by atoms with van der Waals surface area (Å²) in [6.45, 7) is 0. The Bertz CT molecular complexity index is 1130. The van der Waals surface area contributed by atoms with Gasteiger partial charge in [0.05, 0.1) is 5.56 Å². The van der Waals surface area contributed by atoms with Gasteiger partial charge in [-0.2, -0.15) is 0 Å². The number of anilines is 1. The predicted octanol–water partition coefficient (Wildman–Crippen LogP) is 5.30. The first-order valence-corrected chi connectivity index (χ1v) is 8.89. The van der Waals surface area contributed by atoms with Crippen LogP contribution in [-0.4, -0.2) is 23.1 Å². The molecule has 0 atom stereocenters. The van der Waals surface area contributed by atoms with Crippen LogP contribution < -0.4 is 9.64 Å². The molecule has 1 aromatic heterocycles. The number of hydrogen-bond acceptors (Lipinski definition) is 4. The quantitative estimate of drug-likeness (QED) is 0.230. The number of fused-ring (bicyclic) bond motifs is 1. The molecule has 0 spiro atoms. The maximum atomic E-state index is 9.71. The van der Waals surface area contributed by atoms with Gasteiger partial charge in [-0.15, -0.1) is 0 Å². The van der Waals surface area contributed by atoms with Crippen LogP contribution in [0.1, 0.15) is 5.56 Å². The monoisotopic (exact) mass is 369 g/mol. The first kappa shape index (κ1) is 17.5. The number of oxime groups is 1. The minimum Gasteiger partial charge on any atom is -0.438 e. The highest BCUT2D eigenvalue weighted by atomic mass is 16.5. The maximum absolute atomic E-state index is 9.71. The molecule has 0 amide bonds. The van der Waals surface area contributed by atoms with E-state index in [-0.39, 0.29) is 0 Å². The van der Waals surface area contributed by atoms with Crippen LogP contribution in [0.25, 0.3) is 10.8 Å². The number of pyridine rings is 1. The Morgan fingerprint density at radius 1 is 0.893 bits per heavy atom. The van der Waals surface area contributed by atoms with Crippen LogP contribution >= 0.6 is 0 Å². The molecule has 0 radical (unpaired) electrons. The van der Waals surface area contributed by atoms with E-state index in [1.165, 1.54) is 0 Å². The normalized spacial score (nSPS) is 11.4. The van der Waals surface area contributed by atoms with E-state index in [1.807, 2.05) is 79.8 Å². The smallest absolute Gasteiger partial charge is 0.230 e. The molecule has 5 nitrogen and oxygen atoms in total. The van der Waals surface area contributed by atoms with Gasteiger partial charge in [0.15, 0.2) is 5.84 Å². The first-order valence-electron chi connectivity index (χ1n) is 8.89. The van der Waals surface area contributed by atoms with Crippen LogP contribution in [0, 0.1) is 0 Å². The zero-order chi connectivity index (χ0) is 19.3. The summed E-state index contributed by atoms with van der Waals surface area (Å²) < 4.78 is 6.06. The van der Waals surface area contributed by atoms with Crippen molar-refractivity contribution >= 4 is 22.3 Å². The van der Waals surface area contributed by atoms with E-state index in [2.05, 4.69) is 16.2 Å². The van der Waals surface area contributed by atoms with Crippen molar-refractivity contribution in [2.45, 2.75) is 0 Å². The molecule has 0 aliphatic rings. The molecule has 0 unspecified atom stereocenters. The molecule has 0 saturated heterocycles. The van der Waals surface area contributed by atoms with Gasteiger partial charge >= 0.3 is 0 Å². The molecular weight excluding hydrogens is 350 g/mol. The number of ether oxygens (including phenoxy) is 1. The maximum Gasteiger partial charge on any atom is 0.230 e. The molecule has 1 N–H and O–H groups in total. The van der Waals surface area contributed by atoms with Crippen LogP contribution in [0.15, 0.2) is 96.3 Å². The zero-order valence-corrected chi connectivity index (χ0v) is 15.4. The Balaban J connectivity index is 1.69. The Morgan fingerprint density at radius 3 is 2.43 bits per heavy atom. The number of benzene rings is 3. The highest BCUT2D eigenvalue weighted by Crippen LogP contribution is 2.28. The Morgan fingerprint density at radius 2 is 1.64 bits per heavy atom. The number of rotatable bonds is 4. The molecule has 0 bridgehead atoms. The summed E-state index contributed by atoms with van der Waals surface area (Å²) in [4.78, 5) is 6.14. The van der Waals surface area contributed by atoms with E-state index in [0.717, 1.165) is 16.5 Å². The van der Waals surface area contributed by atoms with Crippen LogP contribution in [0.3, 0.4) is 0 Å². The standard InChI is InChI=1S/C23H19N3O2/c1-26(19-10-3-2-4-11-19)22(25-27)21-12-7-15-24-23(21)28-20-14-13-17-8-5-6-9-18(17)16-20/h2-16,27H,1H3/b25-22-. The van der Waals surface area contributed by atoms with Crippen molar-refractivity contribution in [3.8, 4) is 11.6 Å². The van der Waals surface area contributed by atoms with Crippen molar-refractivity contribution in [3.63, 3.8) is 0 Å². The molecule has 0 aliphatic carbocycles. The van der Waals surface area contributed by atoms with Crippen molar-refractivity contribution in [3.05, 3.63) is 96.7 Å². The average Bonchev–Trinajstić information content (AvgIpc) is 2.76. The molecule has 4 rings (SSSR count). The first-order chi connectivity index (χ1) is 13.8. The molecule has 0 fully saturated rings. The highest BCUT2D eigenvalue weighted by Gasteiger charge is 2.18. The lowest BCUT2D eigenvalue weighted by Crippen LogP contribution is -2.27. The Kier molecular flexibility index (Phi) is 4.89. The van der Waals surface area contributed by atoms with Gasteiger partial charge < -0.3 is 14.8 Å². The fourth-order valence-electron chi connectivity index (χ4n) is 3.06. The van der Waals surface area contributed by atoms with Gasteiger partial charge in [0, 0.05) is 18.9 Å². The molecular formula is C23H19N3O2. The van der Waals surface area contributed by atoms with Crippen LogP contribution in [0.2, 0.25) is 0 Å². The lowest BCUT2D eigenvalue weighted by atomic mass is 10.1. The van der Waals surface area contributed by atoms with Gasteiger partial charge in [0.25, 0.3) is 0 Å². The second-order valence-corrected chi connectivity index (χ2v) is 6.29. The topological polar surface area (TPSA) is 58.0 Å². The van der Waals surface area contributed by atoms with Crippen molar-refractivity contribution in [1.29, 1.82) is 0 Å². The van der Waals surface area contributed by atoms with E-state index >= 15 is 0 Å². The molecule has 0 saturated carbocycles. The van der Waals surface area contributed by atoms with E-state index in [0.29, 0.717) is 23.0 Å². The molecule has 5 heteroatoms. The summed E-state index contributed by atoms with van der Waals surface area (Å²) in [5.41, 5.74) is 1.47. The minimum absolute atomic E-state index is 0.343. The number of amidine groups is 1. The van der Waals surface area contributed by atoms with Crippen molar-refractivity contribution in [2.75, 3.05) is 11.9 Å². The fourth-order valence-corrected chi connectivity index (χ4v) is 3.06. The van der Waals surface area contributed by atoms with Crippen molar-refractivity contribution in [2.24, 2.45) is 5.16 Å². The van der Waals surface area contributed by atoms with Gasteiger partial charge in [-0.1, -0.05) is 53.7 Å². The second kappa shape index (κ2) is 7.80. The van der Waals surface area contributed by atoms with E-state index in [1.54, 1.807) is 17.2 Å². The number of aromatic nitrogens is 1. The van der Waals surface area contributed by atoms with Crippen LogP contribution in [0.5, 0.6) is 11.6 Å². The number of hydrogen-bond donors (Lipinski definition) is 1. The molecule has 4 aromatic rings. The summed E-state index contributed by atoms with van der Waals surface area (Å²) in [7, 11) is 1.83. The van der Waals surface area contributed by atoms with Gasteiger partial charge in [-0.3, -0.25) is 0 Å². The second-order valence-electron chi connectivity index (χ2n) is 6.29. The summed E-state index contributed by atoms with van der Waals surface area (Å²) in [5.74, 6) is 1.38. The van der Waals surface area contributed by atoms with Gasteiger partial charge in [-0.25, -0.2) is 4.98 Å². The van der Waals surface area contributed by atoms with E-state index in [4.69, 9.17) is 4.74 Å². The summed E-state index contributed by atoms with van der Waals surface area (Å²) in [6.07, 6.45) is 1.65. The van der Waals surface area contributed by atoms with Crippen molar-refractivity contribution < 1.29 is 9.94 Å². The number of para-hydroxylation sites is 1. The molecule has 138 valence electrons. The predicted molar refractivity (Wildman–Crippen MR) is 111 cm³/mol. The third-order valence-electron chi connectivity index (χ3n) is 4.50. The summed E-state index contributed by atoms with van der Waals surface area (Å²) in [5, 5.41) is 15.4. The summed E-state index contributed by atoms with van der Waals surface area (Å²) >= 11 is 0. The Hall–Kier alpha value is -3.86. The van der Waals surface area contributed by atoms with E-state index in [9.17, 15) is 5.21 Å². The minimum atomic E-state index is 0.343. The zero-order valence-electron chi connectivity index (χ0n) is 15.4. The van der Waals surface area contributed by atoms with Gasteiger partial charge in [0.2, 0.25) is 5.88 Å². The molecule has 3 aromatic carbocycles. The SMILES string of the molecule is CN(/C(=N\O)c1cccnc1Oc1ccc2ccccc2c1)c1ccccc1. The number of nitrogens with zero attached hydrogens (tertiary/aromatic N) is 3. The lowest BCUT2D eigenvalue weighted by Gasteiger charge is -2.21. The lowest BCUT2D eigenvalue weighted by molar-refractivity contribution is 0.318. The highest BCUT2D eigenvalue weighted by molar-refractivity contribution is 6.10. The Labute approximate surface area is 163 Å². The van der Waals surface area contributed by atoms with Crippen molar-refractivity contribution in [1.82, 2.24) is 4.98 Å². The van der Waals surface area contributed by atoms with E-state index < -0.39 is 0 Å². The average molecular weight is 369 g/mol. The third kappa shape index (κ3) is 3.50. The fraction of sp³-hybridized carbons (Fsp3) is 0.0435. The largest absolute Gasteiger partial charge is 0.438 e. The van der Waals surface area contributed by atoms with Gasteiger partial charge in [-0.05, 0) is 47.2 Å². The molecule has 0 aliphatic heterocycles. The molecule has 28 heavy (non-hydrogen) atoms. The van der Waals surface area contributed by atoms with Crippen LogP contribution in [-0.2, 0) is 0 Å². The third-order valence-corrected chi connectivity index (χ3v) is 4.50. The van der Waals surface area contributed by atoms with Crippen LogP contribution in [0.4, 0.5) is 5.69 Å².